The molecule has 70 heavy (non-hydrogen) atoms. The fraction of sp³-hybridized carbons (Fsp3) is 0.897. The number of hydrogen-bond donors (Lipinski definition) is 18. The van der Waals surface area contributed by atoms with Crippen molar-refractivity contribution < 1.29 is 138 Å². The molecular weight excluding hydrogens is 958 g/mol. The SMILES string of the molecule is CC(=O)N[C@@H]1[C@@H](O[C@@H]2O[C@H](CO)[C@@H](O)[C@H](O[C@@H]3O[C@H](CO)[C@H](O)[C@H](O)[C@H]3O[C@@H]3O[C@@H](C)[C@@H](O)[C@@H](O)[C@@H]3O)[C@H]2NC(C)=O)[C@@H](O)[C@@H](CO[C@]2(C(=O)O)C[C@H](O)[C@@H](NC(C)=O)[C@H]([C@H](O)[C@H](O)CO)O2)O[C@@H]1O. The summed E-state index contributed by atoms with van der Waals surface area (Å²) in [6, 6.07) is -5.17. The number of ether oxygens (including phenoxy) is 9. The Kier molecular flexibility index (Phi) is 20.1. The van der Waals surface area contributed by atoms with Crippen molar-refractivity contribution in [3.8, 4) is 0 Å². The largest absolute Gasteiger partial charge is 0.477 e. The molecule has 5 aliphatic rings. The van der Waals surface area contributed by atoms with Crippen LogP contribution in [0.5, 0.6) is 0 Å². The van der Waals surface area contributed by atoms with E-state index in [2.05, 4.69) is 16.0 Å². The number of carbonyl (C=O) groups excluding carboxylic acids is 3. The van der Waals surface area contributed by atoms with E-state index < -0.39 is 215 Å². The molecular formula is C39H65N3O28. The second-order valence-electron chi connectivity index (χ2n) is 17.6. The molecule has 5 heterocycles. The van der Waals surface area contributed by atoms with E-state index in [9.17, 15) is 95.8 Å². The Hall–Kier alpha value is -3.04. The molecule has 404 valence electrons. The Balaban J connectivity index is 1.47. The van der Waals surface area contributed by atoms with Crippen LogP contribution in [-0.2, 0) is 61.8 Å². The van der Waals surface area contributed by atoms with Gasteiger partial charge >= 0.3 is 5.97 Å². The lowest BCUT2D eigenvalue weighted by atomic mass is 9.88. The Bertz CT molecular complexity index is 1760. The van der Waals surface area contributed by atoms with Crippen LogP contribution < -0.4 is 16.0 Å². The van der Waals surface area contributed by atoms with E-state index in [1.807, 2.05) is 0 Å². The van der Waals surface area contributed by atoms with Crippen molar-refractivity contribution in [3.63, 3.8) is 0 Å². The Morgan fingerprint density at radius 3 is 1.69 bits per heavy atom. The highest BCUT2D eigenvalue weighted by Gasteiger charge is 2.59. The minimum absolute atomic E-state index is 0.779. The minimum Gasteiger partial charge on any atom is -0.477 e. The molecule has 31 heteroatoms. The third-order valence-corrected chi connectivity index (χ3v) is 12.5. The number of carbonyl (C=O) groups is 4. The van der Waals surface area contributed by atoms with Gasteiger partial charge in [-0.25, -0.2) is 4.79 Å². The van der Waals surface area contributed by atoms with Gasteiger partial charge in [0.15, 0.2) is 25.2 Å². The molecule has 0 radical (unpaired) electrons. The number of nitrogens with one attached hydrogen (secondary N) is 3. The highest BCUT2D eigenvalue weighted by molar-refractivity contribution is 5.77. The second-order valence-corrected chi connectivity index (χ2v) is 17.6. The molecule has 3 amide bonds. The van der Waals surface area contributed by atoms with Crippen molar-refractivity contribution in [3.05, 3.63) is 0 Å². The summed E-state index contributed by atoms with van der Waals surface area (Å²) < 4.78 is 51.8. The predicted octanol–water partition coefficient (Wildman–Crippen LogP) is -11.3. The van der Waals surface area contributed by atoms with Gasteiger partial charge in [0.1, 0.15) is 110 Å². The van der Waals surface area contributed by atoms with Crippen LogP contribution in [-0.4, -0.2) is 286 Å². The van der Waals surface area contributed by atoms with E-state index >= 15 is 0 Å². The molecule has 0 aromatic rings. The summed E-state index contributed by atoms with van der Waals surface area (Å²) in [5.41, 5.74) is 0. The van der Waals surface area contributed by atoms with E-state index in [1.165, 1.54) is 6.92 Å². The summed E-state index contributed by atoms with van der Waals surface area (Å²) in [5.74, 6) is -7.45. The highest BCUT2D eigenvalue weighted by atomic mass is 16.8. The summed E-state index contributed by atoms with van der Waals surface area (Å²) in [6.45, 7) is 0.130. The van der Waals surface area contributed by atoms with Gasteiger partial charge in [-0.05, 0) is 6.92 Å². The molecule has 0 bridgehead atoms. The van der Waals surface area contributed by atoms with Crippen molar-refractivity contribution in [2.75, 3.05) is 26.4 Å². The van der Waals surface area contributed by atoms with Crippen LogP contribution >= 0.6 is 0 Å². The molecule has 5 saturated heterocycles. The molecule has 5 rings (SSSR count). The lowest BCUT2D eigenvalue weighted by molar-refractivity contribution is -0.384. The first-order valence-electron chi connectivity index (χ1n) is 22.1. The van der Waals surface area contributed by atoms with Crippen LogP contribution in [0.25, 0.3) is 0 Å². The molecule has 26 atom stereocenters. The number of aliphatic hydroxyl groups excluding tert-OH is 14. The van der Waals surface area contributed by atoms with Crippen molar-refractivity contribution in [1.82, 2.24) is 16.0 Å². The molecule has 0 aromatic heterocycles. The van der Waals surface area contributed by atoms with Crippen molar-refractivity contribution >= 4 is 23.7 Å². The van der Waals surface area contributed by atoms with E-state index in [4.69, 9.17) is 42.6 Å². The number of aliphatic carboxylic acids is 1. The Labute approximate surface area is 397 Å². The maximum Gasteiger partial charge on any atom is 0.364 e. The zero-order valence-corrected chi connectivity index (χ0v) is 38.0. The van der Waals surface area contributed by atoms with E-state index in [0.717, 1.165) is 20.8 Å². The van der Waals surface area contributed by atoms with E-state index in [1.54, 1.807) is 0 Å². The number of aliphatic hydroxyl groups is 14. The molecule has 0 spiro atoms. The van der Waals surface area contributed by atoms with Gasteiger partial charge in [0, 0.05) is 27.2 Å². The number of rotatable bonds is 18. The lowest BCUT2D eigenvalue weighted by Gasteiger charge is -2.51. The summed E-state index contributed by atoms with van der Waals surface area (Å²) in [4.78, 5) is 50.1. The van der Waals surface area contributed by atoms with Gasteiger partial charge in [-0.1, -0.05) is 0 Å². The maximum absolute atomic E-state index is 12.8. The predicted molar refractivity (Wildman–Crippen MR) is 217 cm³/mol. The zero-order valence-electron chi connectivity index (χ0n) is 38.0. The first-order valence-corrected chi connectivity index (χ1v) is 22.1. The standard InChI is InChI=1S/C39H65N3O28/c1-10-22(51)27(56)29(58)36(63-10)69-33-28(57)24(53)16(7-44)66-37(33)68-31-21(42-13(4)48)35(65-17(8-45)25(31)54)67-30-20(41-12(3)47)34(59)64-18(26(30)55)9-62-39(38(60)61)5-14(49)19(40-11(2)46)32(70-39)23(52)15(50)6-43/h10,14-37,43-45,49-59H,5-9H2,1-4H3,(H,40,46)(H,41,47)(H,42,48)(H,60,61)/t10-,14-,15+,16+,17+,18+,19+,20+,21+,22+,23+,24-,25+,26-,27+,28-,29-,30+,31+,32+,33+,34-,35-,36-,37-,39+/m0/s1. The summed E-state index contributed by atoms with van der Waals surface area (Å²) in [7, 11) is 0. The summed E-state index contributed by atoms with van der Waals surface area (Å²) in [5, 5.41) is 167. The van der Waals surface area contributed by atoms with Crippen LogP contribution in [0.3, 0.4) is 0 Å². The van der Waals surface area contributed by atoms with Gasteiger partial charge in [-0.15, -0.1) is 0 Å². The Morgan fingerprint density at radius 2 is 1.11 bits per heavy atom. The quantitative estimate of drug-likeness (QED) is 0.0606. The van der Waals surface area contributed by atoms with Gasteiger partial charge in [-0.3, -0.25) is 14.4 Å². The second kappa shape index (κ2) is 24.3. The summed E-state index contributed by atoms with van der Waals surface area (Å²) in [6.07, 6.45) is -43.0. The fourth-order valence-corrected chi connectivity index (χ4v) is 8.75. The van der Waals surface area contributed by atoms with Gasteiger partial charge in [0.05, 0.1) is 44.7 Å². The van der Waals surface area contributed by atoms with Gasteiger partial charge in [0.25, 0.3) is 5.79 Å². The monoisotopic (exact) mass is 1020 g/mol. The number of amides is 3. The van der Waals surface area contributed by atoms with E-state index in [0.29, 0.717) is 0 Å². The van der Waals surface area contributed by atoms with Crippen LogP contribution in [0.4, 0.5) is 0 Å². The number of carboxylic acids is 1. The molecule has 31 nitrogen and oxygen atoms in total. The van der Waals surface area contributed by atoms with Gasteiger partial charge < -0.3 is 135 Å². The third kappa shape index (κ3) is 12.6. The topological polar surface area (TPSA) is 491 Å². The number of carboxylic acid groups (broad SMARTS) is 1. The zero-order chi connectivity index (χ0) is 52.3. The van der Waals surface area contributed by atoms with Crippen LogP contribution in [0, 0.1) is 0 Å². The van der Waals surface area contributed by atoms with E-state index in [-0.39, 0.29) is 0 Å². The molecule has 0 aliphatic carbocycles. The summed E-state index contributed by atoms with van der Waals surface area (Å²) >= 11 is 0. The normalized spacial score (nSPS) is 45.5. The molecule has 5 fully saturated rings. The smallest absolute Gasteiger partial charge is 0.364 e. The first-order chi connectivity index (χ1) is 32.8. The lowest BCUT2D eigenvalue weighted by Crippen LogP contribution is -2.71. The van der Waals surface area contributed by atoms with Crippen LogP contribution in [0.2, 0.25) is 0 Å². The fourth-order valence-electron chi connectivity index (χ4n) is 8.75. The van der Waals surface area contributed by atoms with Crippen LogP contribution in [0.15, 0.2) is 0 Å². The van der Waals surface area contributed by atoms with Crippen molar-refractivity contribution in [1.29, 1.82) is 0 Å². The highest BCUT2D eigenvalue weighted by Crippen LogP contribution is 2.37. The number of hydrogen-bond acceptors (Lipinski definition) is 27. The first kappa shape index (κ1) is 57.9. The van der Waals surface area contributed by atoms with Gasteiger partial charge in [-0.2, -0.15) is 0 Å². The molecule has 5 aliphatic heterocycles. The van der Waals surface area contributed by atoms with Gasteiger partial charge in [0.2, 0.25) is 17.7 Å². The van der Waals surface area contributed by atoms with Crippen molar-refractivity contribution in [2.24, 2.45) is 0 Å². The molecule has 0 saturated carbocycles. The average molecular weight is 1020 g/mol. The maximum atomic E-state index is 12.8. The molecule has 18 N–H and O–H groups in total. The van der Waals surface area contributed by atoms with Crippen molar-refractivity contribution in [2.45, 2.75) is 193 Å². The average Bonchev–Trinajstić information content (AvgIpc) is 3.30. The third-order valence-electron chi connectivity index (χ3n) is 12.5. The minimum atomic E-state index is -2.98. The Morgan fingerprint density at radius 1 is 0.600 bits per heavy atom. The molecule has 0 aromatic carbocycles. The molecule has 0 unspecified atom stereocenters. The van der Waals surface area contributed by atoms with Crippen LogP contribution in [0.1, 0.15) is 34.1 Å².